The lowest BCUT2D eigenvalue weighted by molar-refractivity contribution is 0.489. The summed E-state index contributed by atoms with van der Waals surface area (Å²) in [5.74, 6) is 1.85. The Labute approximate surface area is 263 Å². The lowest BCUT2D eigenvalue weighted by atomic mass is 9.85. The van der Waals surface area contributed by atoms with E-state index in [2.05, 4.69) is 160 Å². The van der Waals surface area contributed by atoms with E-state index in [0.717, 1.165) is 28.2 Å². The second kappa shape index (κ2) is 9.55. The minimum absolute atomic E-state index is 0.124. The number of hydrogen-bond donors (Lipinski definition) is 0. The van der Waals surface area contributed by atoms with Crippen molar-refractivity contribution in [2.75, 3.05) is 0 Å². The number of para-hydroxylation sites is 1. The van der Waals surface area contributed by atoms with Crippen LogP contribution in [0.5, 0.6) is 11.5 Å². The van der Waals surface area contributed by atoms with Crippen LogP contribution in [0.2, 0.25) is 0 Å². The summed E-state index contributed by atoms with van der Waals surface area (Å²) in [7, 11) is 0. The molecule has 1 aliphatic rings. The van der Waals surface area contributed by atoms with Gasteiger partial charge in [-0.3, -0.25) is 0 Å². The van der Waals surface area contributed by atoms with Crippen LogP contribution >= 0.6 is 0 Å². The van der Waals surface area contributed by atoms with E-state index >= 15 is 0 Å². The summed E-state index contributed by atoms with van der Waals surface area (Å²) in [6.07, 6.45) is 0. The zero-order valence-electron chi connectivity index (χ0n) is 25.7. The minimum atomic E-state index is 0.124. The molecular weight excluding hydrogens is 544 g/mol. The molecule has 1 heterocycles. The topological polar surface area (TPSA) is 9.23 Å². The van der Waals surface area contributed by atoms with Crippen LogP contribution < -0.4 is 4.74 Å². The van der Waals surface area contributed by atoms with Crippen LogP contribution in [0.3, 0.4) is 0 Å². The SMILES string of the molecule is CC(C)(C)c1ccc2c(-c3ccc4cc(-c5cccc6c5Oc5cc7ccccc7c7cccc-6c57)ccc4c3)cccc2c1. The number of rotatable bonds is 2. The molecule has 0 atom stereocenters. The predicted molar refractivity (Wildman–Crippen MR) is 192 cm³/mol. The molecule has 0 spiro atoms. The van der Waals surface area contributed by atoms with Crippen LogP contribution in [0.1, 0.15) is 26.3 Å². The lowest BCUT2D eigenvalue weighted by Crippen LogP contribution is -2.10. The second-order valence-corrected chi connectivity index (χ2v) is 13.4. The largest absolute Gasteiger partial charge is 0.455 e. The van der Waals surface area contributed by atoms with Crippen molar-refractivity contribution in [1.82, 2.24) is 0 Å². The second-order valence-electron chi connectivity index (χ2n) is 13.4. The van der Waals surface area contributed by atoms with Gasteiger partial charge in [-0.05, 0) is 89.1 Å². The summed E-state index contributed by atoms with van der Waals surface area (Å²) in [5, 5.41) is 9.90. The van der Waals surface area contributed by atoms with Crippen molar-refractivity contribution in [2.24, 2.45) is 0 Å². The van der Waals surface area contributed by atoms with Gasteiger partial charge in [0, 0.05) is 16.5 Å². The van der Waals surface area contributed by atoms with Gasteiger partial charge in [0.25, 0.3) is 0 Å². The first-order chi connectivity index (χ1) is 21.9. The maximum absolute atomic E-state index is 6.80. The van der Waals surface area contributed by atoms with Crippen LogP contribution in [0.15, 0.2) is 140 Å². The van der Waals surface area contributed by atoms with E-state index in [1.54, 1.807) is 0 Å². The standard InChI is InChI=1S/C44H32O/c1-44(2,3)33-21-22-36-29(25-33)10-6-12-34(36)31-19-17-28-24-32(20-18-27(28)23-31)37-13-7-16-40-39-15-8-14-38-35-11-5-4-9-30(35)26-41(42(38)39)45-43(37)40/h4-26H,1-3H3. The van der Waals surface area contributed by atoms with Crippen molar-refractivity contribution in [1.29, 1.82) is 0 Å². The van der Waals surface area contributed by atoms with Crippen molar-refractivity contribution in [3.63, 3.8) is 0 Å². The van der Waals surface area contributed by atoms with Crippen LogP contribution in [-0.2, 0) is 5.41 Å². The minimum Gasteiger partial charge on any atom is -0.455 e. The molecule has 9 rings (SSSR count). The van der Waals surface area contributed by atoms with Crippen LogP contribution in [0, 0.1) is 0 Å². The Bertz CT molecular complexity index is 2490. The van der Waals surface area contributed by atoms with Crippen LogP contribution in [0.25, 0.3) is 76.5 Å². The maximum Gasteiger partial charge on any atom is 0.143 e. The molecule has 0 saturated heterocycles. The first kappa shape index (κ1) is 26.0. The number of benzene rings is 8. The molecule has 1 aliphatic heterocycles. The Morgan fingerprint density at radius 2 is 1.04 bits per heavy atom. The zero-order valence-corrected chi connectivity index (χ0v) is 25.7. The fraction of sp³-hybridized carbons (Fsp3) is 0.0909. The Morgan fingerprint density at radius 3 is 1.87 bits per heavy atom. The Morgan fingerprint density at radius 1 is 0.422 bits per heavy atom. The summed E-state index contributed by atoms with van der Waals surface area (Å²) in [5.41, 5.74) is 8.62. The summed E-state index contributed by atoms with van der Waals surface area (Å²) < 4.78 is 6.80. The zero-order chi connectivity index (χ0) is 30.3. The highest BCUT2D eigenvalue weighted by atomic mass is 16.5. The first-order valence-electron chi connectivity index (χ1n) is 15.8. The van der Waals surface area contributed by atoms with E-state index in [1.807, 2.05) is 0 Å². The van der Waals surface area contributed by atoms with E-state index in [-0.39, 0.29) is 5.41 Å². The Balaban J connectivity index is 1.14. The maximum atomic E-state index is 6.80. The van der Waals surface area contributed by atoms with Crippen molar-refractivity contribution in [3.8, 4) is 44.9 Å². The van der Waals surface area contributed by atoms with Gasteiger partial charge in [-0.15, -0.1) is 0 Å². The number of ether oxygens (including phenoxy) is 1. The van der Waals surface area contributed by atoms with Gasteiger partial charge in [0.05, 0.1) is 0 Å². The summed E-state index contributed by atoms with van der Waals surface area (Å²) in [4.78, 5) is 0. The molecule has 0 saturated carbocycles. The van der Waals surface area contributed by atoms with Gasteiger partial charge >= 0.3 is 0 Å². The number of hydrogen-bond acceptors (Lipinski definition) is 1. The molecule has 0 N–H and O–H groups in total. The highest BCUT2D eigenvalue weighted by Gasteiger charge is 2.24. The Hall–Kier alpha value is -5.40. The van der Waals surface area contributed by atoms with Gasteiger partial charge in [0.15, 0.2) is 0 Å². The van der Waals surface area contributed by atoms with Gasteiger partial charge < -0.3 is 4.74 Å². The summed E-state index contributed by atoms with van der Waals surface area (Å²) >= 11 is 0. The van der Waals surface area contributed by atoms with Crippen LogP contribution in [-0.4, -0.2) is 0 Å². The van der Waals surface area contributed by atoms with Gasteiger partial charge in [-0.2, -0.15) is 0 Å². The van der Waals surface area contributed by atoms with E-state index in [1.165, 1.54) is 65.3 Å². The molecule has 45 heavy (non-hydrogen) atoms. The molecule has 0 unspecified atom stereocenters. The van der Waals surface area contributed by atoms with E-state index < -0.39 is 0 Å². The van der Waals surface area contributed by atoms with Gasteiger partial charge in [-0.25, -0.2) is 0 Å². The van der Waals surface area contributed by atoms with Crippen molar-refractivity contribution in [2.45, 2.75) is 26.2 Å². The van der Waals surface area contributed by atoms with Crippen molar-refractivity contribution in [3.05, 3.63) is 145 Å². The highest BCUT2D eigenvalue weighted by Crippen LogP contribution is 2.51. The third-order valence-corrected chi connectivity index (χ3v) is 9.57. The molecule has 1 nitrogen and oxygen atoms in total. The quantitative estimate of drug-likeness (QED) is 0.186. The Kier molecular flexibility index (Phi) is 5.53. The van der Waals surface area contributed by atoms with E-state index in [4.69, 9.17) is 4.74 Å². The summed E-state index contributed by atoms with van der Waals surface area (Å²) in [6, 6.07) is 51.1. The first-order valence-corrected chi connectivity index (χ1v) is 15.8. The molecule has 8 aromatic carbocycles. The van der Waals surface area contributed by atoms with Crippen molar-refractivity contribution >= 4 is 43.1 Å². The molecule has 0 amide bonds. The fourth-order valence-electron chi connectivity index (χ4n) is 7.21. The molecule has 0 fully saturated rings. The average Bonchev–Trinajstić information content (AvgIpc) is 3.07. The van der Waals surface area contributed by atoms with E-state index in [0.29, 0.717) is 0 Å². The lowest BCUT2D eigenvalue weighted by Gasteiger charge is -2.24. The monoisotopic (exact) mass is 576 g/mol. The molecule has 1 heteroatoms. The molecule has 0 bridgehead atoms. The third kappa shape index (κ3) is 4.08. The molecular formula is C44H32O. The van der Waals surface area contributed by atoms with Crippen LogP contribution in [0.4, 0.5) is 0 Å². The van der Waals surface area contributed by atoms with Crippen molar-refractivity contribution < 1.29 is 4.74 Å². The smallest absolute Gasteiger partial charge is 0.143 e. The fourth-order valence-corrected chi connectivity index (χ4v) is 7.21. The number of fused-ring (bicyclic) bond motifs is 6. The normalized spacial score (nSPS) is 12.5. The molecule has 0 radical (unpaired) electrons. The molecule has 0 aliphatic carbocycles. The van der Waals surface area contributed by atoms with E-state index in [9.17, 15) is 0 Å². The van der Waals surface area contributed by atoms with Gasteiger partial charge in [0.1, 0.15) is 11.5 Å². The predicted octanol–water partition coefficient (Wildman–Crippen LogP) is 12.7. The molecule has 214 valence electrons. The average molecular weight is 577 g/mol. The third-order valence-electron chi connectivity index (χ3n) is 9.57. The highest BCUT2D eigenvalue weighted by molar-refractivity contribution is 6.17. The van der Waals surface area contributed by atoms with Gasteiger partial charge in [-0.1, -0.05) is 142 Å². The molecule has 0 aromatic heterocycles. The molecule has 8 aromatic rings. The summed E-state index contributed by atoms with van der Waals surface area (Å²) in [6.45, 7) is 6.82. The van der Waals surface area contributed by atoms with Gasteiger partial charge in [0.2, 0.25) is 0 Å².